The largest absolute Gasteiger partial charge is 0.336 e. The predicted molar refractivity (Wildman–Crippen MR) is 73.5 cm³/mol. The van der Waals surface area contributed by atoms with E-state index in [2.05, 4.69) is 26.7 Å². The molecule has 3 rings (SSSR count). The van der Waals surface area contributed by atoms with Gasteiger partial charge in [-0.25, -0.2) is 0 Å². The van der Waals surface area contributed by atoms with Crippen molar-refractivity contribution in [3.63, 3.8) is 0 Å². The molecule has 7 nitrogen and oxygen atoms in total. The highest BCUT2D eigenvalue weighted by Crippen LogP contribution is 2.23. The Morgan fingerprint density at radius 1 is 1.45 bits per heavy atom. The van der Waals surface area contributed by atoms with Gasteiger partial charge < -0.3 is 4.90 Å². The Kier molecular flexibility index (Phi) is 3.72. The van der Waals surface area contributed by atoms with Gasteiger partial charge in [-0.1, -0.05) is 17.8 Å². The summed E-state index contributed by atoms with van der Waals surface area (Å²) in [5.74, 6) is 0.0399. The summed E-state index contributed by atoms with van der Waals surface area (Å²) < 4.78 is 3.92. The maximum absolute atomic E-state index is 12.5. The smallest absolute Gasteiger partial charge is 0.267 e. The van der Waals surface area contributed by atoms with Gasteiger partial charge in [0.1, 0.15) is 4.88 Å². The molecule has 2 aromatic heterocycles. The van der Waals surface area contributed by atoms with Crippen molar-refractivity contribution in [2.75, 3.05) is 13.1 Å². The second-order valence-corrected chi connectivity index (χ2v) is 5.60. The molecule has 1 atom stereocenters. The molecule has 20 heavy (non-hydrogen) atoms. The Morgan fingerprint density at radius 2 is 2.25 bits per heavy atom. The van der Waals surface area contributed by atoms with Crippen LogP contribution in [-0.2, 0) is 6.42 Å². The summed E-state index contributed by atoms with van der Waals surface area (Å²) in [6.45, 7) is 3.45. The van der Waals surface area contributed by atoms with Crippen molar-refractivity contribution in [3.8, 4) is 0 Å². The molecule has 1 aliphatic rings. The zero-order valence-corrected chi connectivity index (χ0v) is 12.1. The van der Waals surface area contributed by atoms with Crippen LogP contribution < -0.4 is 0 Å². The lowest BCUT2D eigenvalue weighted by molar-refractivity contribution is 0.0789. The second-order valence-electron chi connectivity index (χ2n) is 4.84. The van der Waals surface area contributed by atoms with E-state index >= 15 is 0 Å². The number of nitrogens with zero attached hydrogens (tertiary/aromatic N) is 6. The topological polar surface area (TPSA) is 76.8 Å². The lowest BCUT2D eigenvalue weighted by atomic mass is 10.2. The molecule has 3 heterocycles. The molecule has 0 N–H and O–H groups in total. The fourth-order valence-electron chi connectivity index (χ4n) is 2.44. The summed E-state index contributed by atoms with van der Waals surface area (Å²) in [6, 6.07) is 0.171. The third kappa shape index (κ3) is 2.43. The van der Waals surface area contributed by atoms with Crippen LogP contribution in [-0.4, -0.2) is 48.5 Å². The molecule has 0 radical (unpaired) electrons. The summed E-state index contributed by atoms with van der Waals surface area (Å²) in [5.41, 5.74) is 0.822. The first kappa shape index (κ1) is 13.2. The van der Waals surface area contributed by atoms with E-state index in [0.29, 0.717) is 11.4 Å². The molecular weight excluding hydrogens is 276 g/mol. The molecule has 1 fully saturated rings. The van der Waals surface area contributed by atoms with E-state index in [1.165, 1.54) is 11.5 Å². The van der Waals surface area contributed by atoms with Gasteiger partial charge in [0.05, 0.1) is 24.1 Å². The van der Waals surface area contributed by atoms with Gasteiger partial charge in [0, 0.05) is 13.1 Å². The fraction of sp³-hybridized carbons (Fsp3) is 0.583. The van der Waals surface area contributed by atoms with Gasteiger partial charge in [-0.2, -0.15) is 15.0 Å². The summed E-state index contributed by atoms with van der Waals surface area (Å²) in [7, 11) is 0. The van der Waals surface area contributed by atoms with Gasteiger partial charge in [-0.3, -0.25) is 4.79 Å². The predicted octanol–water partition coefficient (Wildman–Crippen LogP) is 1.17. The van der Waals surface area contributed by atoms with E-state index in [-0.39, 0.29) is 11.9 Å². The Hall–Kier alpha value is -1.83. The highest BCUT2D eigenvalue weighted by Gasteiger charge is 2.31. The number of likely N-dealkylation sites (tertiary alicyclic amines) is 1. The van der Waals surface area contributed by atoms with E-state index in [4.69, 9.17) is 0 Å². The highest BCUT2D eigenvalue weighted by atomic mass is 32.1. The number of hydrogen-bond donors (Lipinski definition) is 0. The average Bonchev–Trinajstić information content (AvgIpc) is 3.19. The summed E-state index contributed by atoms with van der Waals surface area (Å²) >= 11 is 1.19. The van der Waals surface area contributed by atoms with Gasteiger partial charge in [0.25, 0.3) is 5.91 Å². The minimum absolute atomic E-state index is 0.0399. The van der Waals surface area contributed by atoms with E-state index in [9.17, 15) is 4.79 Å². The quantitative estimate of drug-likeness (QED) is 0.845. The van der Waals surface area contributed by atoms with Crippen LogP contribution in [0.3, 0.4) is 0 Å². The third-order valence-electron chi connectivity index (χ3n) is 3.45. The SMILES string of the molecule is CCCc1nnsc1C(=O)N1CCC(n2nccn2)C1. The molecule has 0 aromatic carbocycles. The van der Waals surface area contributed by atoms with Crippen LogP contribution in [0.15, 0.2) is 12.4 Å². The first-order valence-corrected chi connectivity index (χ1v) is 7.53. The normalized spacial score (nSPS) is 18.6. The Bertz CT molecular complexity index is 581. The standard InChI is InChI=1S/C12H16N6OS/c1-2-3-10-11(20-16-15-10)12(19)17-7-4-9(8-17)18-13-5-6-14-18/h5-6,9H,2-4,7-8H2,1H3. The summed E-state index contributed by atoms with van der Waals surface area (Å²) in [6.07, 6.45) is 5.98. The zero-order chi connectivity index (χ0) is 13.9. The van der Waals surface area contributed by atoms with Crippen LogP contribution in [0.5, 0.6) is 0 Å². The van der Waals surface area contributed by atoms with Crippen LogP contribution in [0.1, 0.15) is 41.2 Å². The minimum atomic E-state index is 0.0399. The van der Waals surface area contributed by atoms with Crippen molar-refractivity contribution in [1.29, 1.82) is 0 Å². The Labute approximate surface area is 120 Å². The summed E-state index contributed by atoms with van der Waals surface area (Å²) in [5, 5.41) is 12.4. The molecule has 0 saturated carbocycles. The van der Waals surface area contributed by atoms with Gasteiger partial charge in [-0.05, 0) is 24.4 Å². The van der Waals surface area contributed by atoms with E-state index < -0.39 is 0 Å². The third-order valence-corrected chi connectivity index (χ3v) is 4.21. The Morgan fingerprint density at radius 3 is 3.00 bits per heavy atom. The maximum Gasteiger partial charge on any atom is 0.267 e. The number of carbonyl (C=O) groups excluding carboxylic acids is 1. The van der Waals surface area contributed by atoms with Crippen LogP contribution in [0.25, 0.3) is 0 Å². The van der Waals surface area contributed by atoms with Gasteiger partial charge in [-0.15, -0.1) is 5.10 Å². The maximum atomic E-state index is 12.5. The van der Waals surface area contributed by atoms with Crippen LogP contribution in [0.2, 0.25) is 0 Å². The first-order valence-electron chi connectivity index (χ1n) is 6.76. The van der Waals surface area contributed by atoms with E-state index in [1.807, 2.05) is 4.90 Å². The van der Waals surface area contributed by atoms with Gasteiger partial charge in [0.15, 0.2) is 0 Å². The molecule has 0 aliphatic carbocycles. The number of aromatic nitrogens is 5. The summed E-state index contributed by atoms with van der Waals surface area (Å²) in [4.78, 5) is 16.7. The van der Waals surface area contributed by atoms with Gasteiger partial charge >= 0.3 is 0 Å². The highest BCUT2D eigenvalue weighted by molar-refractivity contribution is 7.08. The minimum Gasteiger partial charge on any atom is -0.336 e. The van der Waals surface area contributed by atoms with Crippen molar-refractivity contribution in [3.05, 3.63) is 23.0 Å². The number of aryl methyl sites for hydroxylation is 1. The number of rotatable bonds is 4. The van der Waals surface area contributed by atoms with Crippen molar-refractivity contribution < 1.29 is 4.79 Å². The van der Waals surface area contributed by atoms with Gasteiger partial charge in [0.2, 0.25) is 0 Å². The van der Waals surface area contributed by atoms with Crippen molar-refractivity contribution in [1.82, 2.24) is 29.5 Å². The van der Waals surface area contributed by atoms with Crippen LogP contribution in [0, 0.1) is 0 Å². The average molecular weight is 292 g/mol. The Balaban J connectivity index is 1.71. The van der Waals surface area contributed by atoms with E-state index in [0.717, 1.165) is 31.5 Å². The van der Waals surface area contributed by atoms with Crippen molar-refractivity contribution in [2.45, 2.75) is 32.2 Å². The van der Waals surface area contributed by atoms with Crippen molar-refractivity contribution in [2.24, 2.45) is 0 Å². The molecule has 2 aromatic rings. The number of amides is 1. The fourth-order valence-corrected chi connectivity index (χ4v) is 3.12. The van der Waals surface area contributed by atoms with Crippen LogP contribution >= 0.6 is 11.5 Å². The molecule has 1 unspecified atom stereocenters. The second kappa shape index (κ2) is 5.66. The molecule has 1 aliphatic heterocycles. The number of carbonyl (C=O) groups is 1. The zero-order valence-electron chi connectivity index (χ0n) is 11.3. The molecule has 1 saturated heterocycles. The first-order chi connectivity index (χ1) is 9.79. The molecular formula is C12H16N6OS. The lowest BCUT2D eigenvalue weighted by Gasteiger charge is -2.15. The monoisotopic (exact) mass is 292 g/mol. The lowest BCUT2D eigenvalue weighted by Crippen LogP contribution is -2.29. The van der Waals surface area contributed by atoms with E-state index in [1.54, 1.807) is 17.2 Å². The van der Waals surface area contributed by atoms with Crippen LogP contribution in [0.4, 0.5) is 0 Å². The molecule has 0 spiro atoms. The molecule has 0 bridgehead atoms. The van der Waals surface area contributed by atoms with Crippen molar-refractivity contribution >= 4 is 17.4 Å². The molecule has 8 heteroatoms. The molecule has 106 valence electrons. The molecule has 1 amide bonds. The number of hydrogen-bond acceptors (Lipinski definition) is 6.